The fourth-order valence-electron chi connectivity index (χ4n) is 1.48. The van der Waals surface area contributed by atoms with E-state index in [1.54, 1.807) is 20.0 Å². The van der Waals surface area contributed by atoms with Gasteiger partial charge in [-0.2, -0.15) is 5.10 Å². The Kier molecular flexibility index (Phi) is 3.86. The summed E-state index contributed by atoms with van der Waals surface area (Å²) in [7, 11) is 1.68. The Labute approximate surface area is 109 Å². The number of likely N-dealkylation sites (N-methyl/N-ethyl adjacent to an activating group) is 1. The van der Waals surface area contributed by atoms with Gasteiger partial charge in [0.05, 0.1) is 6.04 Å². The van der Waals surface area contributed by atoms with Crippen LogP contribution in [0.15, 0.2) is 30.9 Å². The molecule has 1 amide bonds. The summed E-state index contributed by atoms with van der Waals surface area (Å²) < 4.78 is 15.2. The number of carbonyl (C=O) groups is 1. The van der Waals surface area contributed by atoms with Crippen LogP contribution in [0, 0.1) is 5.82 Å². The number of nitrogens with zero attached hydrogens (tertiary/aromatic N) is 3. The van der Waals surface area contributed by atoms with Crippen LogP contribution in [-0.2, 0) is 4.79 Å². The molecule has 0 radical (unpaired) electrons. The number of rotatable bonds is 4. The van der Waals surface area contributed by atoms with E-state index in [1.165, 1.54) is 29.5 Å². The summed E-state index contributed by atoms with van der Waals surface area (Å²) in [6.45, 7) is 1.72. The monoisotopic (exact) mass is 263 g/mol. The number of hydrogen-bond donors (Lipinski definition) is 2. The minimum absolute atomic E-state index is 0.226. The van der Waals surface area contributed by atoms with E-state index in [0.717, 1.165) is 0 Å². The van der Waals surface area contributed by atoms with Gasteiger partial charge in [0.25, 0.3) is 0 Å². The summed E-state index contributed by atoms with van der Waals surface area (Å²) in [6.07, 6.45) is 2.73. The molecule has 2 N–H and O–H groups in total. The first kappa shape index (κ1) is 13.2. The van der Waals surface area contributed by atoms with E-state index in [1.807, 2.05) is 0 Å². The third kappa shape index (κ3) is 2.94. The second kappa shape index (κ2) is 5.57. The number of benzene rings is 1. The molecule has 0 aliphatic carbocycles. The van der Waals surface area contributed by atoms with Crippen molar-refractivity contribution in [2.24, 2.45) is 0 Å². The van der Waals surface area contributed by atoms with E-state index in [0.29, 0.717) is 5.69 Å². The molecule has 1 unspecified atom stereocenters. The second-order valence-corrected chi connectivity index (χ2v) is 4.01. The molecule has 2 rings (SSSR count). The molecular formula is C12H14FN5O. The molecule has 0 saturated heterocycles. The number of carbonyl (C=O) groups excluding carboxylic acids is 1. The fraction of sp³-hybridized carbons (Fsp3) is 0.250. The predicted octanol–water partition coefficient (Wildman–Crippen LogP) is 0.953. The van der Waals surface area contributed by atoms with Crippen molar-refractivity contribution in [1.82, 2.24) is 20.1 Å². The van der Waals surface area contributed by atoms with Crippen LogP contribution in [0.25, 0.3) is 5.69 Å². The number of aromatic nitrogens is 3. The first-order valence-corrected chi connectivity index (χ1v) is 5.74. The van der Waals surface area contributed by atoms with Crippen molar-refractivity contribution < 1.29 is 9.18 Å². The minimum atomic E-state index is -0.486. The summed E-state index contributed by atoms with van der Waals surface area (Å²) in [5.74, 6) is -0.712. The van der Waals surface area contributed by atoms with Crippen molar-refractivity contribution >= 4 is 11.6 Å². The maximum absolute atomic E-state index is 13.9. The Bertz CT molecular complexity index is 570. The van der Waals surface area contributed by atoms with Gasteiger partial charge in [0.1, 0.15) is 18.3 Å². The fourth-order valence-corrected chi connectivity index (χ4v) is 1.48. The summed E-state index contributed by atoms with van der Waals surface area (Å²) in [4.78, 5) is 15.4. The van der Waals surface area contributed by atoms with Crippen molar-refractivity contribution in [3.8, 4) is 5.69 Å². The molecule has 1 aromatic heterocycles. The number of halogens is 1. The summed E-state index contributed by atoms with van der Waals surface area (Å²) in [5.41, 5.74) is 0.672. The van der Waals surface area contributed by atoms with E-state index in [9.17, 15) is 9.18 Å². The molecule has 0 saturated carbocycles. The Morgan fingerprint density at radius 2 is 2.26 bits per heavy atom. The topological polar surface area (TPSA) is 71.8 Å². The molecule has 1 heterocycles. The van der Waals surface area contributed by atoms with Gasteiger partial charge in [-0.3, -0.25) is 4.79 Å². The minimum Gasteiger partial charge on any atom is -0.325 e. The third-order valence-corrected chi connectivity index (χ3v) is 2.71. The highest BCUT2D eigenvalue weighted by molar-refractivity contribution is 5.94. The van der Waals surface area contributed by atoms with Crippen LogP contribution in [0.3, 0.4) is 0 Å². The van der Waals surface area contributed by atoms with Crippen molar-refractivity contribution in [2.45, 2.75) is 13.0 Å². The van der Waals surface area contributed by atoms with Crippen molar-refractivity contribution in [2.75, 3.05) is 12.4 Å². The van der Waals surface area contributed by atoms with Gasteiger partial charge < -0.3 is 10.6 Å². The first-order chi connectivity index (χ1) is 9.11. The highest BCUT2D eigenvalue weighted by Crippen LogP contribution is 2.17. The summed E-state index contributed by atoms with van der Waals surface area (Å²) >= 11 is 0. The largest absolute Gasteiger partial charge is 0.325 e. The van der Waals surface area contributed by atoms with Crippen molar-refractivity contribution in [3.05, 3.63) is 36.7 Å². The normalized spacial score (nSPS) is 12.2. The van der Waals surface area contributed by atoms with Gasteiger partial charge in [0.15, 0.2) is 5.82 Å². The highest BCUT2D eigenvalue weighted by Gasteiger charge is 2.12. The van der Waals surface area contributed by atoms with Crippen LogP contribution >= 0.6 is 0 Å². The standard InChI is InChI=1S/C12H14FN5O/c1-8(14-2)12(19)17-9-3-4-11(10(13)5-9)18-7-15-6-16-18/h3-8,14H,1-2H3,(H,17,19). The predicted molar refractivity (Wildman–Crippen MR) is 68.5 cm³/mol. The molecule has 100 valence electrons. The van der Waals surface area contributed by atoms with Crippen molar-refractivity contribution in [3.63, 3.8) is 0 Å². The first-order valence-electron chi connectivity index (χ1n) is 5.74. The molecule has 0 spiro atoms. The SMILES string of the molecule is CNC(C)C(=O)Nc1ccc(-n2cncn2)c(F)c1. The van der Waals surface area contributed by atoms with E-state index >= 15 is 0 Å². The lowest BCUT2D eigenvalue weighted by atomic mass is 10.2. The van der Waals surface area contributed by atoms with Crippen LogP contribution in [0.1, 0.15) is 6.92 Å². The molecule has 1 atom stereocenters. The quantitative estimate of drug-likeness (QED) is 0.861. The third-order valence-electron chi connectivity index (χ3n) is 2.71. The van der Waals surface area contributed by atoms with Crippen LogP contribution in [0.4, 0.5) is 10.1 Å². The molecule has 7 heteroatoms. The molecule has 0 bridgehead atoms. The number of nitrogens with one attached hydrogen (secondary N) is 2. The van der Waals surface area contributed by atoms with Gasteiger partial charge in [0.2, 0.25) is 5.91 Å². The molecule has 2 aromatic rings. The average Bonchev–Trinajstić information content (AvgIpc) is 2.91. The molecule has 6 nitrogen and oxygen atoms in total. The van der Waals surface area contributed by atoms with Gasteiger partial charge in [-0.15, -0.1) is 0 Å². The number of amides is 1. The van der Waals surface area contributed by atoms with E-state index in [2.05, 4.69) is 20.7 Å². The van der Waals surface area contributed by atoms with Gasteiger partial charge >= 0.3 is 0 Å². The van der Waals surface area contributed by atoms with E-state index in [4.69, 9.17) is 0 Å². The molecule has 0 fully saturated rings. The average molecular weight is 263 g/mol. The Morgan fingerprint density at radius 3 is 2.84 bits per heavy atom. The van der Waals surface area contributed by atoms with Gasteiger partial charge in [-0.1, -0.05) is 0 Å². The van der Waals surface area contributed by atoms with Crippen LogP contribution in [-0.4, -0.2) is 33.8 Å². The number of anilines is 1. The number of hydrogen-bond acceptors (Lipinski definition) is 4. The van der Waals surface area contributed by atoms with Crippen LogP contribution in [0.2, 0.25) is 0 Å². The van der Waals surface area contributed by atoms with Crippen LogP contribution in [0.5, 0.6) is 0 Å². The van der Waals surface area contributed by atoms with Gasteiger partial charge in [-0.05, 0) is 32.2 Å². The lowest BCUT2D eigenvalue weighted by molar-refractivity contribution is -0.117. The molecule has 1 aromatic carbocycles. The zero-order chi connectivity index (χ0) is 13.8. The smallest absolute Gasteiger partial charge is 0.241 e. The lowest BCUT2D eigenvalue weighted by Crippen LogP contribution is -2.35. The van der Waals surface area contributed by atoms with E-state index < -0.39 is 5.82 Å². The second-order valence-electron chi connectivity index (χ2n) is 4.01. The van der Waals surface area contributed by atoms with Crippen molar-refractivity contribution in [1.29, 1.82) is 0 Å². The van der Waals surface area contributed by atoms with E-state index in [-0.39, 0.29) is 17.6 Å². The lowest BCUT2D eigenvalue weighted by Gasteiger charge is -2.11. The maximum Gasteiger partial charge on any atom is 0.241 e. The van der Waals surface area contributed by atoms with Crippen LogP contribution < -0.4 is 10.6 Å². The van der Waals surface area contributed by atoms with Gasteiger partial charge in [-0.25, -0.2) is 14.1 Å². The maximum atomic E-state index is 13.9. The van der Waals surface area contributed by atoms with Gasteiger partial charge in [0, 0.05) is 5.69 Å². The Morgan fingerprint density at radius 1 is 1.47 bits per heavy atom. The molecule has 19 heavy (non-hydrogen) atoms. The highest BCUT2D eigenvalue weighted by atomic mass is 19.1. The molecular weight excluding hydrogens is 249 g/mol. The summed E-state index contributed by atoms with van der Waals surface area (Å²) in [6, 6.07) is 4.04. The molecule has 0 aliphatic heterocycles. The Hall–Kier alpha value is -2.28. The zero-order valence-electron chi connectivity index (χ0n) is 10.6. The zero-order valence-corrected chi connectivity index (χ0v) is 10.6. The molecule has 0 aliphatic rings. The Balaban J connectivity index is 2.18. The summed E-state index contributed by atoms with van der Waals surface area (Å²) in [5, 5.41) is 9.27.